The fraction of sp³-hybridized carbons (Fsp3) is 0.125. The van der Waals surface area contributed by atoms with Crippen LogP contribution in [0.3, 0.4) is 0 Å². The van der Waals surface area contributed by atoms with Gasteiger partial charge in [-0.2, -0.15) is 4.98 Å². The second-order valence-corrected chi connectivity index (χ2v) is 7.14. The number of nitrogens with zero attached hydrogens (tertiary/aromatic N) is 3. The summed E-state index contributed by atoms with van der Waals surface area (Å²) in [5.41, 5.74) is 2.32. The molecular weight excluding hydrogens is 427 g/mol. The van der Waals surface area contributed by atoms with Crippen LogP contribution in [-0.2, 0) is 0 Å². The largest absolute Gasteiger partial charge is 0.463 e. The van der Waals surface area contributed by atoms with Gasteiger partial charge in [0.1, 0.15) is 5.82 Å². The topological polar surface area (TPSA) is 87.5 Å². The Morgan fingerprint density at radius 1 is 1.09 bits per heavy atom. The van der Waals surface area contributed by atoms with E-state index in [1.54, 1.807) is 53.2 Å². The fourth-order valence-electron chi connectivity index (χ4n) is 3.41. The van der Waals surface area contributed by atoms with E-state index >= 15 is 0 Å². The average molecular weight is 446 g/mol. The van der Waals surface area contributed by atoms with Crippen molar-refractivity contribution in [3.05, 3.63) is 78.1 Å². The van der Waals surface area contributed by atoms with Gasteiger partial charge in [0.05, 0.1) is 12.3 Å². The molecule has 5 rings (SSSR count). The van der Waals surface area contributed by atoms with Gasteiger partial charge in [0.2, 0.25) is 6.79 Å². The summed E-state index contributed by atoms with van der Waals surface area (Å²) in [6.45, 7) is 2.38. The summed E-state index contributed by atoms with van der Waals surface area (Å²) < 4.78 is 31.1. The van der Waals surface area contributed by atoms with Crippen LogP contribution in [0, 0.1) is 5.82 Å². The standard InChI is InChI=1S/C24H19FN4O4/c1-2-31-24-27-22(15-6-9-17(25)10-7-15)29(28-24)19-5-3-4-18(13-19)26-23(30)16-8-11-20-21(12-16)33-14-32-20/h3-13H,2,14H2,1H3,(H,26,30). The van der Waals surface area contributed by atoms with Crippen LogP contribution in [0.15, 0.2) is 66.7 Å². The SMILES string of the molecule is CCOc1nc(-c2ccc(F)cc2)n(-c2cccc(NC(=O)c3ccc4c(c3)OCO4)c2)n1. The third-order valence-electron chi connectivity index (χ3n) is 4.95. The number of anilines is 1. The van der Waals surface area contributed by atoms with Gasteiger partial charge < -0.3 is 19.5 Å². The van der Waals surface area contributed by atoms with E-state index in [4.69, 9.17) is 14.2 Å². The normalized spacial score (nSPS) is 11.9. The first-order valence-electron chi connectivity index (χ1n) is 10.3. The van der Waals surface area contributed by atoms with E-state index in [0.717, 1.165) is 0 Å². The minimum atomic E-state index is -0.344. The van der Waals surface area contributed by atoms with Gasteiger partial charge in [-0.1, -0.05) is 6.07 Å². The number of fused-ring (bicyclic) bond motifs is 1. The molecule has 0 bridgehead atoms. The zero-order chi connectivity index (χ0) is 22.8. The molecule has 166 valence electrons. The first kappa shape index (κ1) is 20.5. The Morgan fingerprint density at radius 3 is 2.73 bits per heavy atom. The molecule has 2 heterocycles. The van der Waals surface area contributed by atoms with E-state index in [2.05, 4.69) is 15.4 Å². The van der Waals surface area contributed by atoms with Crippen molar-refractivity contribution in [2.24, 2.45) is 0 Å². The lowest BCUT2D eigenvalue weighted by Crippen LogP contribution is -2.12. The third-order valence-corrected chi connectivity index (χ3v) is 4.95. The van der Waals surface area contributed by atoms with Crippen molar-refractivity contribution >= 4 is 11.6 Å². The maximum Gasteiger partial charge on any atom is 0.336 e. The number of hydrogen-bond acceptors (Lipinski definition) is 6. The predicted molar refractivity (Wildman–Crippen MR) is 118 cm³/mol. The number of nitrogens with one attached hydrogen (secondary N) is 1. The number of carbonyl (C=O) groups excluding carboxylic acids is 1. The zero-order valence-corrected chi connectivity index (χ0v) is 17.6. The highest BCUT2D eigenvalue weighted by molar-refractivity contribution is 6.04. The zero-order valence-electron chi connectivity index (χ0n) is 17.6. The van der Waals surface area contributed by atoms with Crippen molar-refractivity contribution < 1.29 is 23.4 Å². The quantitative estimate of drug-likeness (QED) is 0.471. The van der Waals surface area contributed by atoms with Crippen molar-refractivity contribution in [3.63, 3.8) is 0 Å². The molecule has 8 nitrogen and oxygen atoms in total. The maximum atomic E-state index is 13.4. The first-order chi connectivity index (χ1) is 16.1. The Labute approximate surface area is 188 Å². The molecule has 33 heavy (non-hydrogen) atoms. The van der Waals surface area contributed by atoms with Crippen molar-refractivity contribution in [3.8, 4) is 34.6 Å². The highest BCUT2D eigenvalue weighted by Crippen LogP contribution is 2.33. The van der Waals surface area contributed by atoms with Crippen molar-refractivity contribution in [1.82, 2.24) is 14.8 Å². The van der Waals surface area contributed by atoms with Gasteiger partial charge >= 0.3 is 6.01 Å². The van der Waals surface area contributed by atoms with E-state index in [1.807, 2.05) is 13.0 Å². The van der Waals surface area contributed by atoms with Crippen LogP contribution >= 0.6 is 0 Å². The van der Waals surface area contributed by atoms with Gasteiger partial charge in [-0.25, -0.2) is 9.07 Å². The third kappa shape index (κ3) is 4.20. The summed E-state index contributed by atoms with van der Waals surface area (Å²) in [4.78, 5) is 17.2. The monoisotopic (exact) mass is 446 g/mol. The first-order valence-corrected chi connectivity index (χ1v) is 10.3. The summed E-state index contributed by atoms with van der Waals surface area (Å²) in [5, 5.41) is 7.31. The highest BCUT2D eigenvalue weighted by Gasteiger charge is 2.18. The molecule has 0 radical (unpaired) electrons. The molecular formula is C24H19FN4O4. The molecule has 0 atom stereocenters. The summed E-state index contributed by atoms with van der Waals surface area (Å²) in [5.74, 6) is 0.989. The summed E-state index contributed by atoms with van der Waals surface area (Å²) >= 11 is 0. The van der Waals surface area contributed by atoms with Crippen LogP contribution in [0.1, 0.15) is 17.3 Å². The predicted octanol–water partition coefficient (Wildman–Crippen LogP) is 4.45. The van der Waals surface area contributed by atoms with Crippen molar-refractivity contribution in [2.45, 2.75) is 6.92 Å². The van der Waals surface area contributed by atoms with E-state index in [9.17, 15) is 9.18 Å². The smallest absolute Gasteiger partial charge is 0.336 e. The molecule has 4 aromatic rings. The van der Waals surface area contributed by atoms with Crippen LogP contribution in [-0.4, -0.2) is 34.1 Å². The maximum absolute atomic E-state index is 13.4. The molecule has 0 fully saturated rings. The van der Waals surface area contributed by atoms with E-state index in [-0.39, 0.29) is 24.5 Å². The molecule has 0 aliphatic carbocycles. The van der Waals surface area contributed by atoms with E-state index in [1.165, 1.54) is 12.1 Å². The molecule has 1 amide bonds. The number of amides is 1. The van der Waals surface area contributed by atoms with Crippen molar-refractivity contribution in [1.29, 1.82) is 0 Å². The van der Waals surface area contributed by atoms with Gasteiger partial charge in [0.25, 0.3) is 5.91 Å². The molecule has 1 N–H and O–H groups in total. The van der Waals surface area contributed by atoms with Crippen LogP contribution in [0.2, 0.25) is 0 Å². The molecule has 1 aliphatic heterocycles. The number of halogens is 1. The van der Waals surface area contributed by atoms with Gasteiger partial charge in [-0.05, 0) is 67.6 Å². The number of hydrogen-bond donors (Lipinski definition) is 1. The number of carbonyl (C=O) groups is 1. The summed E-state index contributed by atoms with van der Waals surface area (Å²) in [6, 6.07) is 18.3. The van der Waals surface area contributed by atoms with Crippen LogP contribution < -0.4 is 19.5 Å². The number of aromatic nitrogens is 3. The molecule has 0 unspecified atom stereocenters. The Morgan fingerprint density at radius 2 is 1.91 bits per heavy atom. The molecule has 0 saturated heterocycles. The van der Waals surface area contributed by atoms with Crippen LogP contribution in [0.25, 0.3) is 17.1 Å². The number of ether oxygens (including phenoxy) is 3. The second-order valence-electron chi connectivity index (χ2n) is 7.14. The van der Waals surface area contributed by atoms with Gasteiger partial charge in [0.15, 0.2) is 17.3 Å². The molecule has 0 spiro atoms. The Kier molecular flexibility index (Phi) is 5.35. The number of rotatable bonds is 6. The minimum absolute atomic E-state index is 0.139. The average Bonchev–Trinajstić information content (AvgIpc) is 3.47. The van der Waals surface area contributed by atoms with Gasteiger partial charge in [-0.3, -0.25) is 4.79 Å². The van der Waals surface area contributed by atoms with Crippen molar-refractivity contribution in [2.75, 3.05) is 18.7 Å². The second kappa shape index (κ2) is 8.62. The molecule has 1 aromatic heterocycles. The molecule has 9 heteroatoms. The van der Waals surface area contributed by atoms with Gasteiger partial charge in [-0.15, -0.1) is 5.10 Å². The Bertz CT molecular complexity index is 1320. The van der Waals surface area contributed by atoms with E-state index < -0.39 is 0 Å². The molecule has 0 saturated carbocycles. The Hall–Kier alpha value is -4.40. The van der Waals surface area contributed by atoms with Crippen LogP contribution in [0.5, 0.6) is 17.5 Å². The summed E-state index contributed by atoms with van der Waals surface area (Å²) in [6.07, 6.45) is 0. The summed E-state index contributed by atoms with van der Waals surface area (Å²) in [7, 11) is 0. The van der Waals surface area contributed by atoms with Crippen LogP contribution in [0.4, 0.5) is 10.1 Å². The molecule has 1 aliphatic rings. The fourth-order valence-corrected chi connectivity index (χ4v) is 3.41. The molecule has 3 aromatic carbocycles. The highest BCUT2D eigenvalue weighted by atomic mass is 19.1. The number of benzene rings is 3. The van der Waals surface area contributed by atoms with Gasteiger partial charge in [0, 0.05) is 16.8 Å². The minimum Gasteiger partial charge on any atom is -0.463 e. The Balaban J connectivity index is 1.45. The lowest BCUT2D eigenvalue weighted by molar-refractivity contribution is 0.102. The lowest BCUT2D eigenvalue weighted by Gasteiger charge is -2.10. The van der Waals surface area contributed by atoms with E-state index in [0.29, 0.717) is 46.4 Å². The lowest BCUT2D eigenvalue weighted by atomic mass is 10.1.